The number of anilines is 1. The molecular weight excluding hydrogens is 242 g/mol. The number of amides is 1. The van der Waals surface area contributed by atoms with Gasteiger partial charge in [0.15, 0.2) is 0 Å². The van der Waals surface area contributed by atoms with Crippen molar-refractivity contribution in [1.82, 2.24) is 5.43 Å². The molecule has 1 amide bonds. The number of hydrazine groups is 1. The molecule has 1 aromatic rings. The van der Waals surface area contributed by atoms with Gasteiger partial charge in [-0.05, 0) is 12.5 Å². The highest BCUT2D eigenvalue weighted by Gasteiger charge is 2.12. The number of nitro groups is 1. The second-order valence-corrected chi connectivity index (χ2v) is 3.32. The van der Waals surface area contributed by atoms with Gasteiger partial charge in [0.25, 0.3) is 5.69 Å². The molecule has 1 rings (SSSR count). The first kappa shape index (κ1) is 13.4. The van der Waals surface area contributed by atoms with Crippen LogP contribution in [-0.2, 0) is 9.59 Å². The van der Waals surface area contributed by atoms with E-state index in [4.69, 9.17) is 0 Å². The molecule has 18 heavy (non-hydrogen) atoms. The summed E-state index contributed by atoms with van der Waals surface area (Å²) < 4.78 is 0. The largest absolute Gasteiger partial charge is 0.550 e. The Labute approximate surface area is 102 Å². The maximum Gasteiger partial charge on any atom is 0.294 e. The second-order valence-electron chi connectivity index (χ2n) is 3.32. The molecule has 0 saturated heterocycles. The van der Waals surface area contributed by atoms with Gasteiger partial charge in [-0.25, -0.2) is 0 Å². The fourth-order valence-electron chi connectivity index (χ4n) is 1.15. The lowest BCUT2D eigenvalue weighted by Crippen LogP contribution is -2.31. The minimum absolute atomic E-state index is 0.115. The molecule has 2 N–H and O–H groups in total. The van der Waals surface area contributed by atoms with Crippen LogP contribution in [0.5, 0.6) is 0 Å². The van der Waals surface area contributed by atoms with Crippen molar-refractivity contribution in [2.75, 3.05) is 5.43 Å². The average Bonchev–Trinajstić information content (AvgIpc) is 2.34. The molecule has 0 fully saturated rings. The Kier molecular flexibility index (Phi) is 4.61. The first-order chi connectivity index (χ1) is 8.50. The van der Waals surface area contributed by atoms with Gasteiger partial charge in [0.1, 0.15) is 5.69 Å². The minimum Gasteiger partial charge on any atom is -0.550 e. The molecule has 0 aliphatic rings. The Morgan fingerprint density at radius 2 is 1.89 bits per heavy atom. The summed E-state index contributed by atoms with van der Waals surface area (Å²) in [6.07, 6.45) is -0.680. The third-order valence-electron chi connectivity index (χ3n) is 1.99. The van der Waals surface area contributed by atoms with Crippen LogP contribution in [0.3, 0.4) is 0 Å². The smallest absolute Gasteiger partial charge is 0.294 e. The van der Waals surface area contributed by atoms with Crippen molar-refractivity contribution >= 4 is 23.3 Å². The first-order valence-electron chi connectivity index (χ1n) is 4.99. The van der Waals surface area contributed by atoms with Crippen LogP contribution in [0.1, 0.15) is 12.8 Å². The third kappa shape index (κ3) is 4.08. The van der Waals surface area contributed by atoms with Crippen molar-refractivity contribution in [2.45, 2.75) is 12.8 Å². The van der Waals surface area contributed by atoms with Gasteiger partial charge in [-0.1, -0.05) is 12.1 Å². The Bertz CT molecular complexity index is 474. The van der Waals surface area contributed by atoms with E-state index < -0.39 is 23.2 Å². The van der Waals surface area contributed by atoms with Gasteiger partial charge in [-0.3, -0.25) is 25.8 Å². The standard InChI is InChI=1S/C10H11N3O5/c14-9(5-6-10(15)16)12-11-7-3-1-2-4-8(7)13(17)18/h1-4,11H,5-6H2,(H,12,14)(H,15,16)/p-1. The molecule has 0 bridgehead atoms. The number of rotatable bonds is 6. The van der Waals surface area contributed by atoms with Crippen molar-refractivity contribution in [2.24, 2.45) is 0 Å². The maximum atomic E-state index is 11.2. The van der Waals surface area contributed by atoms with Crippen LogP contribution < -0.4 is 16.0 Å². The number of para-hydroxylation sites is 2. The van der Waals surface area contributed by atoms with Gasteiger partial charge >= 0.3 is 0 Å². The van der Waals surface area contributed by atoms with E-state index in [1.807, 2.05) is 0 Å². The lowest BCUT2D eigenvalue weighted by Gasteiger charge is -2.08. The molecule has 1 aromatic carbocycles. The quantitative estimate of drug-likeness (QED) is 0.522. The van der Waals surface area contributed by atoms with Crippen LogP contribution in [-0.4, -0.2) is 16.8 Å². The number of nitro benzene ring substituents is 1. The fraction of sp³-hybridized carbons (Fsp3) is 0.200. The second kappa shape index (κ2) is 6.18. The molecule has 0 heterocycles. The highest BCUT2D eigenvalue weighted by molar-refractivity contribution is 5.81. The van der Waals surface area contributed by atoms with Crippen molar-refractivity contribution < 1.29 is 19.6 Å². The average molecular weight is 252 g/mol. The Morgan fingerprint density at radius 1 is 1.22 bits per heavy atom. The number of benzene rings is 1. The topological polar surface area (TPSA) is 124 Å². The van der Waals surface area contributed by atoms with E-state index in [-0.39, 0.29) is 17.8 Å². The van der Waals surface area contributed by atoms with Crippen LogP contribution in [0.15, 0.2) is 24.3 Å². The number of hydrogen-bond donors (Lipinski definition) is 2. The van der Waals surface area contributed by atoms with Crippen LogP contribution in [0.25, 0.3) is 0 Å². The van der Waals surface area contributed by atoms with Gasteiger partial charge < -0.3 is 9.90 Å². The normalized spacial score (nSPS) is 9.56. The van der Waals surface area contributed by atoms with E-state index in [2.05, 4.69) is 10.9 Å². The van der Waals surface area contributed by atoms with Crippen LogP contribution in [0, 0.1) is 10.1 Å². The van der Waals surface area contributed by atoms with Crippen LogP contribution in [0.4, 0.5) is 11.4 Å². The van der Waals surface area contributed by atoms with E-state index in [1.54, 1.807) is 6.07 Å². The van der Waals surface area contributed by atoms with Gasteiger partial charge in [0.2, 0.25) is 5.91 Å². The van der Waals surface area contributed by atoms with Gasteiger partial charge in [-0.2, -0.15) is 0 Å². The maximum absolute atomic E-state index is 11.2. The molecule has 8 nitrogen and oxygen atoms in total. The molecule has 0 aliphatic heterocycles. The number of carbonyl (C=O) groups is 2. The van der Waals surface area contributed by atoms with E-state index in [0.717, 1.165) is 0 Å². The minimum atomic E-state index is -1.34. The summed E-state index contributed by atoms with van der Waals surface area (Å²) in [4.78, 5) is 31.3. The SMILES string of the molecule is O=C([O-])CCC(=O)NNc1ccccc1[N+](=O)[O-]. The number of aliphatic carboxylic acids is 1. The highest BCUT2D eigenvalue weighted by atomic mass is 16.6. The fourth-order valence-corrected chi connectivity index (χ4v) is 1.15. The third-order valence-corrected chi connectivity index (χ3v) is 1.99. The summed E-state index contributed by atoms with van der Waals surface area (Å²) in [5.41, 5.74) is 4.45. The summed E-state index contributed by atoms with van der Waals surface area (Å²) in [6.45, 7) is 0. The van der Waals surface area contributed by atoms with Crippen LogP contribution >= 0.6 is 0 Å². The lowest BCUT2D eigenvalue weighted by atomic mass is 10.3. The number of hydrogen-bond acceptors (Lipinski definition) is 6. The van der Waals surface area contributed by atoms with E-state index >= 15 is 0 Å². The zero-order chi connectivity index (χ0) is 13.5. The number of carbonyl (C=O) groups excluding carboxylic acids is 2. The van der Waals surface area contributed by atoms with Crippen molar-refractivity contribution in [3.63, 3.8) is 0 Å². The van der Waals surface area contributed by atoms with Gasteiger partial charge in [0.05, 0.1) is 4.92 Å². The number of carboxylic acid groups (broad SMARTS) is 1. The van der Waals surface area contributed by atoms with E-state index in [0.29, 0.717) is 0 Å². The molecule has 0 aliphatic carbocycles. The van der Waals surface area contributed by atoms with Crippen molar-refractivity contribution in [3.05, 3.63) is 34.4 Å². The molecule has 0 radical (unpaired) electrons. The predicted molar refractivity (Wildman–Crippen MR) is 59.1 cm³/mol. The summed E-state index contributed by atoms with van der Waals surface area (Å²) in [6, 6.07) is 5.73. The predicted octanol–water partition coefficient (Wildman–Crippen LogP) is -0.432. The molecular formula is C10H10N3O5-. The summed E-state index contributed by atoms with van der Waals surface area (Å²) in [5, 5.41) is 20.8. The Balaban J connectivity index is 2.56. The zero-order valence-electron chi connectivity index (χ0n) is 9.21. The summed E-state index contributed by atoms with van der Waals surface area (Å²) in [7, 11) is 0. The molecule has 0 unspecified atom stereocenters. The highest BCUT2D eigenvalue weighted by Crippen LogP contribution is 2.21. The molecule has 0 saturated carbocycles. The molecule has 0 aromatic heterocycles. The van der Waals surface area contributed by atoms with Gasteiger partial charge in [0, 0.05) is 18.5 Å². The summed E-state index contributed by atoms with van der Waals surface area (Å²) in [5.74, 6) is -1.94. The van der Waals surface area contributed by atoms with Gasteiger partial charge in [-0.15, -0.1) is 0 Å². The Hall–Kier alpha value is -2.64. The monoisotopic (exact) mass is 252 g/mol. The number of nitrogens with one attached hydrogen (secondary N) is 2. The lowest BCUT2D eigenvalue weighted by molar-refractivity contribution is -0.384. The number of carboxylic acids is 1. The first-order valence-corrected chi connectivity index (χ1v) is 4.99. The molecule has 0 atom stereocenters. The zero-order valence-corrected chi connectivity index (χ0v) is 9.21. The van der Waals surface area contributed by atoms with Crippen molar-refractivity contribution in [1.29, 1.82) is 0 Å². The van der Waals surface area contributed by atoms with E-state index in [1.165, 1.54) is 18.2 Å². The Morgan fingerprint density at radius 3 is 2.50 bits per heavy atom. The molecule has 8 heteroatoms. The molecule has 96 valence electrons. The van der Waals surface area contributed by atoms with Crippen molar-refractivity contribution in [3.8, 4) is 0 Å². The number of nitrogens with zero attached hydrogens (tertiary/aromatic N) is 1. The van der Waals surface area contributed by atoms with E-state index in [9.17, 15) is 24.8 Å². The summed E-state index contributed by atoms with van der Waals surface area (Å²) >= 11 is 0. The molecule has 0 spiro atoms. The van der Waals surface area contributed by atoms with Crippen LogP contribution in [0.2, 0.25) is 0 Å².